The van der Waals surface area contributed by atoms with Crippen LogP contribution in [-0.2, 0) is 30.8 Å². The number of hydrogen-bond acceptors (Lipinski definition) is 6. The molecular formula is C24H25N3O5S. The average molecular weight is 468 g/mol. The van der Waals surface area contributed by atoms with Gasteiger partial charge in [-0.1, -0.05) is 30.3 Å². The number of aryl methyl sites for hydroxylation is 1. The van der Waals surface area contributed by atoms with Gasteiger partial charge in [0.05, 0.1) is 16.8 Å². The summed E-state index contributed by atoms with van der Waals surface area (Å²) < 4.78 is 31.9. The monoisotopic (exact) mass is 467 g/mol. The van der Waals surface area contributed by atoms with Gasteiger partial charge in [0.2, 0.25) is 10.0 Å². The van der Waals surface area contributed by atoms with E-state index in [1.54, 1.807) is 12.1 Å². The van der Waals surface area contributed by atoms with Crippen LogP contribution < -0.4 is 5.32 Å². The number of benzene rings is 2. The molecule has 2 heterocycles. The second-order valence-corrected chi connectivity index (χ2v) is 9.78. The molecule has 1 aromatic heterocycles. The summed E-state index contributed by atoms with van der Waals surface area (Å²) in [4.78, 5) is 28.9. The first-order chi connectivity index (χ1) is 15.9. The number of esters is 1. The smallest absolute Gasteiger partial charge is 0.306 e. The number of rotatable bonds is 8. The van der Waals surface area contributed by atoms with E-state index in [0.717, 1.165) is 29.4 Å². The maximum absolute atomic E-state index is 12.7. The predicted octanol–water partition coefficient (Wildman–Crippen LogP) is 3.13. The second kappa shape index (κ2) is 10.1. The minimum absolute atomic E-state index is 0.0994. The highest BCUT2D eigenvalue weighted by molar-refractivity contribution is 7.89. The lowest BCUT2D eigenvalue weighted by atomic mass is 10.1. The summed E-state index contributed by atoms with van der Waals surface area (Å²) in [6, 6.07) is 17.6. The largest absolute Gasteiger partial charge is 0.456 e. The summed E-state index contributed by atoms with van der Waals surface area (Å²) in [6.07, 6.45) is 2.19. The third-order valence-corrected chi connectivity index (χ3v) is 7.32. The van der Waals surface area contributed by atoms with E-state index in [1.165, 1.54) is 16.4 Å². The minimum atomic E-state index is -3.58. The number of nitrogens with zero attached hydrogens (tertiary/aromatic N) is 2. The van der Waals surface area contributed by atoms with E-state index >= 15 is 0 Å². The van der Waals surface area contributed by atoms with Gasteiger partial charge in [0.25, 0.3) is 5.91 Å². The fraction of sp³-hybridized carbons (Fsp3) is 0.292. The van der Waals surface area contributed by atoms with Crippen molar-refractivity contribution in [2.75, 3.05) is 25.0 Å². The van der Waals surface area contributed by atoms with Crippen LogP contribution in [-0.4, -0.2) is 49.3 Å². The van der Waals surface area contributed by atoms with Crippen molar-refractivity contribution in [3.63, 3.8) is 0 Å². The summed E-state index contributed by atoms with van der Waals surface area (Å²) >= 11 is 0. The highest BCUT2D eigenvalue weighted by Crippen LogP contribution is 2.23. The first-order valence-corrected chi connectivity index (χ1v) is 12.3. The Labute approximate surface area is 192 Å². The van der Waals surface area contributed by atoms with E-state index in [2.05, 4.69) is 10.3 Å². The SMILES string of the molecule is O=C(COC(=O)CCc1ccc2ccccc2n1)Nc1cccc(S(=O)(=O)N2CCCC2)c1. The molecule has 8 nitrogen and oxygen atoms in total. The number of sulfonamides is 1. The number of amides is 1. The number of nitrogens with one attached hydrogen (secondary N) is 1. The van der Waals surface area contributed by atoms with Crippen LogP contribution in [0.4, 0.5) is 5.69 Å². The van der Waals surface area contributed by atoms with Crippen LogP contribution in [0.2, 0.25) is 0 Å². The fourth-order valence-corrected chi connectivity index (χ4v) is 5.27. The van der Waals surface area contributed by atoms with E-state index in [0.29, 0.717) is 25.2 Å². The quantitative estimate of drug-likeness (QED) is 0.510. The van der Waals surface area contributed by atoms with Crippen molar-refractivity contribution in [1.82, 2.24) is 9.29 Å². The Morgan fingerprint density at radius 1 is 1.00 bits per heavy atom. The molecule has 0 spiro atoms. The number of aromatic nitrogens is 1. The van der Waals surface area contributed by atoms with E-state index in [9.17, 15) is 18.0 Å². The average Bonchev–Trinajstić information content (AvgIpc) is 3.37. The van der Waals surface area contributed by atoms with Crippen LogP contribution in [0, 0.1) is 0 Å². The molecule has 9 heteroatoms. The molecule has 1 saturated heterocycles. The molecule has 0 aliphatic carbocycles. The standard InChI is InChI=1S/C24H25N3O5S/c28-23(26-20-7-5-8-21(16-20)33(30,31)27-14-3-4-15-27)17-32-24(29)13-12-19-11-10-18-6-1-2-9-22(18)25-19/h1-2,5-11,16H,3-4,12-15,17H2,(H,26,28). The third-order valence-electron chi connectivity index (χ3n) is 5.43. The number of pyridine rings is 1. The molecule has 0 bridgehead atoms. The summed E-state index contributed by atoms with van der Waals surface area (Å²) in [5.74, 6) is -1.05. The summed E-state index contributed by atoms with van der Waals surface area (Å²) in [6.45, 7) is 0.556. The number of para-hydroxylation sites is 1. The zero-order chi connectivity index (χ0) is 23.3. The first kappa shape index (κ1) is 22.9. The van der Waals surface area contributed by atoms with E-state index in [-0.39, 0.29) is 11.3 Å². The van der Waals surface area contributed by atoms with Crippen molar-refractivity contribution < 1.29 is 22.7 Å². The molecule has 4 rings (SSSR count). The first-order valence-electron chi connectivity index (χ1n) is 10.8. The minimum Gasteiger partial charge on any atom is -0.456 e. The number of carbonyl (C=O) groups is 2. The van der Waals surface area contributed by atoms with Crippen molar-refractivity contribution >= 4 is 38.5 Å². The summed E-state index contributed by atoms with van der Waals surface area (Å²) in [5.41, 5.74) is 1.96. The predicted molar refractivity (Wildman–Crippen MR) is 124 cm³/mol. The van der Waals surface area contributed by atoms with Crippen molar-refractivity contribution in [3.05, 3.63) is 66.4 Å². The molecule has 1 aliphatic rings. The van der Waals surface area contributed by atoms with Gasteiger partial charge in [-0.2, -0.15) is 4.31 Å². The molecule has 1 N–H and O–H groups in total. The van der Waals surface area contributed by atoms with Crippen LogP contribution in [0.3, 0.4) is 0 Å². The molecule has 3 aromatic rings. The van der Waals surface area contributed by atoms with Crippen LogP contribution in [0.25, 0.3) is 10.9 Å². The van der Waals surface area contributed by atoms with E-state index in [1.807, 2.05) is 36.4 Å². The van der Waals surface area contributed by atoms with Gasteiger partial charge in [0, 0.05) is 36.3 Å². The maximum atomic E-state index is 12.7. The molecule has 2 aromatic carbocycles. The number of carbonyl (C=O) groups excluding carboxylic acids is 2. The van der Waals surface area contributed by atoms with Crippen LogP contribution in [0.15, 0.2) is 65.6 Å². The molecule has 1 aliphatic heterocycles. The fourth-order valence-electron chi connectivity index (χ4n) is 3.70. The van der Waals surface area contributed by atoms with Gasteiger partial charge in [-0.15, -0.1) is 0 Å². The molecule has 0 atom stereocenters. The zero-order valence-corrected chi connectivity index (χ0v) is 18.9. The van der Waals surface area contributed by atoms with Crippen molar-refractivity contribution in [2.45, 2.75) is 30.6 Å². The number of ether oxygens (including phenoxy) is 1. The second-order valence-electron chi connectivity index (χ2n) is 7.84. The number of anilines is 1. The Morgan fingerprint density at radius 2 is 1.79 bits per heavy atom. The van der Waals surface area contributed by atoms with Gasteiger partial charge in [-0.05, 0) is 43.2 Å². The van der Waals surface area contributed by atoms with E-state index < -0.39 is 28.5 Å². The normalized spacial score (nSPS) is 14.3. The lowest BCUT2D eigenvalue weighted by Crippen LogP contribution is -2.28. The number of fused-ring (bicyclic) bond motifs is 1. The molecule has 1 amide bonds. The highest BCUT2D eigenvalue weighted by atomic mass is 32.2. The molecular weight excluding hydrogens is 442 g/mol. The zero-order valence-electron chi connectivity index (χ0n) is 18.1. The molecule has 172 valence electrons. The van der Waals surface area contributed by atoms with Crippen LogP contribution >= 0.6 is 0 Å². The summed E-state index contributed by atoms with van der Waals surface area (Å²) in [5, 5.41) is 3.61. The lowest BCUT2D eigenvalue weighted by molar-refractivity contribution is -0.147. The Morgan fingerprint density at radius 3 is 2.61 bits per heavy atom. The molecule has 1 fully saturated rings. The topological polar surface area (TPSA) is 106 Å². The van der Waals surface area contributed by atoms with Crippen LogP contribution in [0.5, 0.6) is 0 Å². The Hall–Kier alpha value is -3.30. The van der Waals surface area contributed by atoms with Gasteiger partial charge < -0.3 is 10.1 Å². The van der Waals surface area contributed by atoms with Crippen molar-refractivity contribution in [2.24, 2.45) is 0 Å². The molecule has 0 unspecified atom stereocenters. The Balaban J connectivity index is 1.27. The number of hydrogen-bond donors (Lipinski definition) is 1. The Kier molecular flexibility index (Phi) is 7.00. The molecule has 33 heavy (non-hydrogen) atoms. The van der Waals surface area contributed by atoms with Gasteiger partial charge >= 0.3 is 5.97 Å². The lowest BCUT2D eigenvalue weighted by Gasteiger charge is -2.16. The molecule has 0 radical (unpaired) electrons. The van der Waals surface area contributed by atoms with Gasteiger partial charge in [0.1, 0.15) is 0 Å². The maximum Gasteiger partial charge on any atom is 0.306 e. The van der Waals surface area contributed by atoms with Gasteiger partial charge in [-0.25, -0.2) is 8.42 Å². The Bertz CT molecular complexity index is 1270. The van der Waals surface area contributed by atoms with Gasteiger partial charge in [0.15, 0.2) is 6.61 Å². The summed E-state index contributed by atoms with van der Waals surface area (Å²) in [7, 11) is -3.58. The van der Waals surface area contributed by atoms with Crippen molar-refractivity contribution in [1.29, 1.82) is 0 Å². The van der Waals surface area contributed by atoms with Crippen molar-refractivity contribution in [3.8, 4) is 0 Å². The molecule has 0 saturated carbocycles. The van der Waals surface area contributed by atoms with Gasteiger partial charge in [-0.3, -0.25) is 14.6 Å². The van der Waals surface area contributed by atoms with Crippen LogP contribution in [0.1, 0.15) is 25.0 Å². The third kappa shape index (κ3) is 5.74. The van der Waals surface area contributed by atoms with E-state index in [4.69, 9.17) is 4.74 Å². The highest BCUT2D eigenvalue weighted by Gasteiger charge is 2.27.